The number of nitrogens with one attached hydrogen (secondary N) is 1. The van der Waals surface area contributed by atoms with Crippen LogP contribution in [0.15, 0.2) is 76.5 Å². The van der Waals surface area contributed by atoms with Crippen molar-refractivity contribution < 1.29 is 22.4 Å². The lowest BCUT2D eigenvalue weighted by atomic mass is 10.1. The summed E-state index contributed by atoms with van der Waals surface area (Å²) in [5.41, 5.74) is 1.69. The summed E-state index contributed by atoms with van der Waals surface area (Å²) < 4.78 is 37.8. The van der Waals surface area contributed by atoms with Crippen LogP contribution in [0.1, 0.15) is 16.1 Å². The van der Waals surface area contributed by atoms with Gasteiger partial charge < -0.3 is 9.15 Å². The molecule has 0 aliphatic carbocycles. The molecule has 1 N–H and O–H groups in total. The summed E-state index contributed by atoms with van der Waals surface area (Å²) in [5, 5.41) is 9.24. The zero-order valence-electron chi connectivity index (χ0n) is 18.5. The second-order valence-electron chi connectivity index (χ2n) is 7.37. The van der Waals surface area contributed by atoms with Gasteiger partial charge in [-0.2, -0.15) is 0 Å². The van der Waals surface area contributed by atoms with Gasteiger partial charge in [-0.3, -0.25) is 14.1 Å². The molecule has 0 aliphatic heterocycles. The molecule has 2 aromatic carbocycles. The van der Waals surface area contributed by atoms with Gasteiger partial charge in [0.15, 0.2) is 16.8 Å². The summed E-state index contributed by atoms with van der Waals surface area (Å²) in [6.45, 7) is 0.398. The Morgan fingerprint density at radius 1 is 1.12 bits per heavy atom. The van der Waals surface area contributed by atoms with Crippen LogP contribution < -0.4 is 9.46 Å². The molecule has 0 bridgehead atoms. The molecule has 176 valence electrons. The van der Waals surface area contributed by atoms with Crippen molar-refractivity contribution in [3.8, 4) is 17.1 Å². The predicted octanol–water partition coefficient (Wildman–Crippen LogP) is 3.94. The summed E-state index contributed by atoms with van der Waals surface area (Å²) >= 11 is 1.27. The number of ether oxygens (including phenoxy) is 1. The first-order valence-electron chi connectivity index (χ1n) is 10.2. The number of carbonyl (C=O) groups excluding carboxylic acids is 1. The molecule has 0 spiro atoms. The number of Topliss-reactive ketones (excluding diaryl/α,β-unsaturated/α-hetero) is 1. The molecular weight excluding hydrogens is 476 g/mol. The molecule has 2 heterocycles. The fraction of sp³-hybridized carbons (Fsp3) is 0.174. The van der Waals surface area contributed by atoms with Gasteiger partial charge in [0.1, 0.15) is 11.5 Å². The van der Waals surface area contributed by atoms with Crippen molar-refractivity contribution in [3.05, 3.63) is 78.3 Å². The van der Waals surface area contributed by atoms with Crippen LogP contribution in [-0.2, 0) is 16.6 Å². The van der Waals surface area contributed by atoms with Gasteiger partial charge in [-0.25, -0.2) is 8.42 Å². The van der Waals surface area contributed by atoms with E-state index in [0.29, 0.717) is 34.5 Å². The fourth-order valence-corrected chi connectivity index (χ4v) is 4.62. The van der Waals surface area contributed by atoms with E-state index in [1.54, 1.807) is 37.6 Å². The van der Waals surface area contributed by atoms with Gasteiger partial charge >= 0.3 is 0 Å². The number of ketones is 1. The SMILES string of the molecule is COc1cccc(-c2nnc(SCC(=O)c3ccc(NS(C)(=O)=O)cc3)n2Cc2ccco2)c1. The van der Waals surface area contributed by atoms with Crippen LogP contribution in [0.3, 0.4) is 0 Å². The third-order valence-corrected chi connectivity index (χ3v) is 6.35. The Balaban J connectivity index is 1.54. The van der Waals surface area contributed by atoms with Gasteiger partial charge in [0.25, 0.3) is 0 Å². The third-order valence-electron chi connectivity index (χ3n) is 4.78. The summed E-state index contributed by atoms with van der Waals surface area (Å²) in [6, 6.07) is 17.5. The highest BCUT2D eigenvalue weighted by molar-refractivity contribution is 7.99. The topological polar surface area (TPSA) is 116 Å². The third kappa shape index (κ3) is 5.86. The molecule has 0 saturated carbocycles. The maximum absolute atomic E-state index is 12.8. The predicted molar refractivity (Wildman–Crippen MR) is 130 cm³/mol. The Morgan fingerprint density at radius 3 is 2.59 bits per heavy atom. The lowest BCUT2D eigenvalue weighted by molar-refractivity contribution is 0.102. The van der Waals surface area contributed by atoms with E-state index >= 15 is 0 Å². The molecule has 11 heteroatoms. The number of nitrogens with zero attached hydrogens (tertiary/aromatic N) is 3. The standard InChI is InChI=1S/C23H22N4O5S2/c1-31-19-6-3-5-17(13-19)22-24-25-23(27(22)14-20-7-4-12-32-20)33-15-21(28)16-8-10-18(11-9-16)26-34(2,29)30/h3-13,26H,14-15H2,1-2H3. The quantitative estimate of drug-likeness (QED) is 0.258. The fourth-order valence-electron chi connectivity index (χ4n) is 3.22. The van der Waals surface area contributed by atoms with E-state index in [4.69, 9.17) is 9.15 Å². The molecular formula is C23H22N4O5S2. The van der Waals surface area contributed by atoms with Crippen LogP contribution in [0, 0.1) is 0 Å². The van der Waals surface area contributed by atoms with Gasteiger partial charge in [-0.15, -0.1) is 10.2 Å². The summed E-state index contributed by atoms with van der Waals surface area (Å²) in [7, 11) is -1.78. The number of furan rings is 1. The second-order valence-corrected chi connectivity index (χ2v) is 10.1. The minimum Gasteiger partial charge on any atom is -0.497 e. The Hall–Kier alpha value is -3.57. The lowest BCUT2D eigenvalue weighted by Gasteiger charge is -2.10. The van der Waals surface area contributed by atoms with E-state index in [0.717, 1.165) is 17.6 Å². The molecule has 0 fully saturated rings. The minimum atomic E-state index is -3.38. The highest BCUT2D eigenvalue weighted by atomic mass is 32.2. The molecule has 4 rings (SSSR count). The van der Waals surface area contributed by atoms with Crippen LogP contribution in [0.25, 0.3) is 11.4 Å². The number of anilines is 1. The summed E-state index contributed by atoms with van der Waals surface area (Å²) in [5.74, 6) is 2.06. The normalized spacial score (nSPS) is 11.4. The van der Waals surface area contributed by atoms with Gasteiger partial charge in [0, 0.05) is 16.8 Å². The molecule has 9 nitrogen and oxygen atoms in total. The minimum absolute atomic E-state index is 0.119. The van der Waals surface area contributed by atoms with Crippen molar-refractivity contribution >= 4 is 33.3 Å². The zero-order valence-corrected chi connectivity index (χ0v) is 20.1. The largest absolute Gasteiger partial charge is 0.497 e. The number of hydrogen-bond acceptors (Lipinski definition) is 8. The molecule has 4 aromatic rings. The van der Waals surface area contributed by atoms with Crippen LogP contribution in [0.4, 0.5) is 5.69 Å². The van der Waals surface area contributed by atoms with Gasteiger partial charge in [-0.1, -0.05) is 23.9 Å². The second kappa shape index (κ2) is 10.1. The molecule has 0 unspecified atom stereocenters. The summed E-state index contributed by atoms with van der Waals surface area (Å²) in [6.07, 6.45) is 2.67. The van der Waals surface area contributed by atoms with Crippen molar-refractivity contribution in [1.82, 2.24) is 14.8 Å². The van der Waals surface area contributed by atoms with Crippen molar-refractivity contribution in [2.75, 3.05) is 23.8 Å². The molecule has 0 saturated heterocycles. The number of aromatic nitrogens is 3. The van der Waals surface area contributed by atoms with E-state index in [1.807, 2.05) is 41.0 Å². The highest BCUT2D eigenvalue weighted by Gasteiger charge is 2.18. The zero-order chi connectivity index (χ0) is 24.1. The average Bonchev–Trinajstić information content (AvgIpc) is 3.47. The molecule has 0 aliphatic rings. The Bertz CT molecular complexity index is 1380. The van der Waals surface area contributed by atoms with E-state index < -0.39 is 10.0 Å². The first-order valence-corrected chi connectivity index (χ1v) is 13.0. The maximum atomic E-state index is 12.8. The Labute approximate surface area is 201 Å². The van der Waals surface area contributed by atoms with Crippen LogP contribution in [-0.4, -0.2) is 48.1 Å². The molecule has 34 heavy (non-hydrogen) atoms. The van der Waals surface area contributed by atoms with E-state index in [1.165, 1.54) is 11.8 Å². The number of rotatable bonds is 10. The van der Waals surface area contributed by atoms with Gasteiger partial charge in [0.2, 0.25) is 10.0 Å². The Kier molecular flexibility index (Phi) is 7.03. The lowest BCUT2D eigenvalue weighted by Crippen LogP contribution is -2.10. The molecule has 0 atom stereocenters. The average molecular weight is 499 g/mol. The maximum Gasteiger partial charge on any atom is 0.229 e. The van der Waals surface area contributed by atoms with Gasteiger partial charge in [-0.05, 0) is 48.5 Å². The number of thioether (sulfide) groups is 1. The van der Waals surface area contributed by atoms with Crippen molar-refractivity contribution in [2.24, 2.45) is 0 Å². The smallest absolute Gasteiger partial charge is 0.229 e. The number of methoxy groups -OCH3 is 1. The van der Waals surface area contributed by atoms with Crippen LogP contribution >= 0.6 is 11.8 Å². The molecule has 0 amide bonds. The van der Waals surface area contributed by atoms with Crippen LogP contribution in [0.5, 0.6) is 5.75 Å². The van der Waals surface area contributed by atoms with E-state index in [2.05, 4.69) is 14.9 Å². The Morgan fingerprint density at radius 2 is 1.91 bits per heavy atom. The number of benzene rings is 2. The summed E-state index contributed by atoms with van der Waals surface area (Å²) in [4.78, 5) is 12.8. The first-order chi connectivity index (χ1) is 16.3. The monoisotopic (exact) mass is 498 g/mol. The van der Waals surface area contributed by atoms with Crippen molar-refractivity contribution in [3.63, 3.8) is 0 Å². The number of hydrogen-bond donors (Lipinski definition) is 1. The number of carbonyl (C=O) groups is 1. The van der Waals surface area contributed by atoms with Gasteiger partial charge in [0.05, 0.1) is 31.9 Å². The van der Waals surface area contributed by atoms with Crippen molar-refractivity contribution in [1.29, 1.82) is 0 Å². The van der Waals surface area contributed by atoms with Crippen molar-refractivity contribution in [2.45, 2.75) is 11.7 Å². The molecule has 2 aromatic heterocycles. The number of sulfonamides is 1. The molecule has 0 radical (unpaired) electrons. The van der Waals surface area contributed by atoms with E-state index in [9.17, 15) is 13.2 Å². The highest BCUT2D eigenvalue weighted by Crippen LogP contribution is 2.28. The first kappa shape index (κ1) is 23.6. The van der Waals surface area contributed by atoms with Crippen LogP contribution in [0.2, 0.25) is 0 Å². The van der Waals surface area contributed by atoms with E-state index in [-0.39, 0.29) is 11.5 Å².